The van der Waals surface area contributed by atoms with Crippen LogP contribution in [0.25, 0.3) is 22.7 Å². The van der Waals surface area contributed by atoms with Gasteiger partial charge in [-0.05, 0) is 35.9 Å². The molecule has 134 valence electrons. The van der Waals surface area contributed by atoms with Crippen LogP contribution in [-0.2, 0) is 9.53 Å². The first kappa shape index (κ1) is 18.4. The van der Waals surface area contributed by atoms with Crippen LogP contribution in [0.1, 0.15) is 11.4 Å². The van der Waals surface area contributed by atoms with Gasteiger partial charge in [-0.25, -0.2) is 9.78 Å². The normalized spacial score (nSPS) is 12.0. The number of ether oxygens (including phenoxy) is 1. The molecule has 0 bridgehead atoms. The van der Waals surface area contributed by atoms with Crippen molar-refractivity contribution in [3.8, 4) is 6.07 Å². The van der Waals surface area contributed by atoms with Gasteiger partial charge in [-0.2, -0.15) is 5.26 Å². The number of nitriles is 1. The number of aliphatic hydroxyl groups is 1. The molecule has 3 aromatic rings. The number of hydrogen-bond acceptors (Lipinski definition) is 5. The van der Waals surface area contributed by atoms with Gasteiger partial charge < -0.3 is 14.8 Å². The number of H-pyrrole nitrogens is 1. The van der Waals surface area contributed by atoms with Crippen molar-refractivity contribution in [2.75, 3.05) is 6.61 Å². The molecular weight excluding hydrogens is 410 g/mol. The molecule has 0 atom stereocenters. The molecule has 7 heteroatoms. The monoisotopic (exact) mass is 423 g/mol. The molecule has 0 radical (unpaired) electrons. The Morgan fingerprint density at radius 3 is 2.85 bits per heavy atom. The second kappa shape index (κ2) is 8.34. The number of hydrogen-bond donors (Lipinski definition) is 2. The summed E-state index contributed by atoms with van der Waals surface area (Å²) in [5.74, 6) is -0.791. The molecule has 0 amide bonds. The van der Waals surface area contributed by atoms with Gasteiger partial charge in [0.05, 0.1) is 11.0 Å². The van der Waals surface area contributed by atoms with Gasteiger partial charge in [-0.1, -0.05) is 40.2 Å². The summed E-state index contributed by atoms with van der Waals surface area (Å²) in [4.78, 5) is 19.1. The van der Waals surface area contributed by atoms with Crippen LogP contribution >= 0.6 is 15.9 Å². The fourth-order valence-electron chi connectivity index (χ4n) is 2.36. The topological polar surface area (TPSA) is 99.0 Å². The van der Waals surface area contributed by atoms with Crippen molar-refractivity contribution in [2.24, 2.45) is 0 Å². The second-order valence-corrected chi connectivity index (χ2v) is 6.45. The van der Waals surface area contributed by atoms with Gasteiger partial charge in [-0.3, -0.25) is 0 Å². The first-order valence-electron chi connectivity index (χ1n) is 7.94. The largest absolute Gasteiger partial charge is 0.507 e. The van der Waals surface area contributed by atoms with Gasteiger partial charge in [0.1, 0.15) is 18.2 Å². The molecular formula is C20H14BrN3O3. The van der Waals surface area contributed by atoms with Crippen LogP contribution in [0, 0.1) is 11.3 Å². The average Bonchev–Trinajstić information content (AvgIpc) is 3.09. The Morgan fingerprint density at radius 1 is 1.30 bits per heavy atom. The van der Waals surface area contributed by atoms with Gasteiger partial charge in [-0.15, -0.1) is 0 Å². The molecule has 0 aliphatic heterocycles. The maximum Gasteiger partial charge on any atom is 0.331 e. The van der Waals surface area contributed by atoms with Crippen molar-refractivity contribution in [1.29, 1.82) is 5.26 Å². The Hall–Kier alpha value is -3.37. The van der Waals surface area contributed by atoms with E-state index < -0.39 is 12.6 Å². The Labute approximate surface area is 163 Å². The van der Waals surface area contributed by atoms with Gasteiger partial charge in [0.25, 0.3) is 0 Å². The summed E-state index contributed by atoms with van der Waals surface area (Å²) in [6.07, 6.45) is 2.85. The number of fused-ring (bicyclic) bond motifs is 1. The number of benzene rings is 2. The number of para-hydroxylation sites is 2. The quantitative estimate of drug-likeness (QED) is 0.274. The third-order valence-corrected chi connectivity index (χ3v) is 4.13. The van der Waals surface area contributed by atoms with Crippen molar-refractivity contribution in [2.45, 2.75) is 0 Å². The van der Waals surface area contributed by atoms with Crippen LogP contribution in [-0.4, -0.2) is 27.7 Å². The van der Waals surface area contributed by atoms with E-state index in [-0.39, 0.29) is 17.2 Å². The average molecular weight is 424 g/mol. The maximum absolute atomic E-state index is 11.8. The lowest BCUT2D eigenvalue weighted by molar-refractivity contribution is -0.137. The van der Waals surface area contributed by atoms with Crippen molar-refractivity contribution in [3.63, 3.8) is 0 Å². The summed E-state index contributed by atoms with van der Waals surface area (Å²) >= 11 is 3.35. The molecule has 2 N–H and O–H groups in total. The first-order chi connectivity index (χ1) is 13.1. The molecule has 0 fully saturated rings. The van der Waals surface area contributed by atoms with E-state index in [1.54, 1.807) is 12.1 Å². The van der Waals surface area contributed by atoms with Crippen molar-refractivity contribution in [1.82, 2.24) is 9.97 Å². The minimum Gasteiger partial charge on any atom is -0.507 e. The predicted molar refractivity (Wildman–Crippen MR) is 105 cm³/mol. The molecule has 3 rings (SSSR count). The van der Waals surface area contributed by atoms with Crippen LogP contribution < -0.4 is 0 Å². The predicted octanol–water partition coefficient (Wildman–Crippen LogP) is 4.37. The standard InChI is InChI=1S/C20H14BrN3O3/c21-14-5-3-4-13(10-14)8-9-19(26)27-12-18(25)15(11-22)20-23-16-6-1-2-7-17(16)24-20/h1-10,25H,12H2,(H,23,24)/b9-8+,18-15+. The Bertz CT molecular complexity index is 1060. The van der Waals surface area contributed by atoms with Crippen LogP contribution in [0.4, 0.5) is 0 Å². The van der Waals surface area contributed by atoms with E-state index in [1.807, 2.05) is 48.5 Å². The number of carbonyl (C=O) groups excluding carboxylic acids is 1. The highest BCUT2D eigenvalue weighted by atomic mass is 79.9. The number of esters is 1. The minimum absolute atomic E-state index is 0.0741. The number of aromatic nitrogens is 2. The number of allylic oxidation sites excluding steroid dienone is 1. The fraction of sp³-hybridized carbons (Fsp3) is 0.0500. The maximum atomic E-state index is 11.8. The Kier molecular flexibility index (Phi) is 5.69. The molecule has 1 aromatic heterocycles. The van der Waals surface area contributed by atoms with Crippen molar-refractivity contribution >= 4 is 44.6 Å². The number of imidazole rings is 1. The SMILES string of the molecule is N#C/C(=C(\O)COC(=O)/C=C/c1cccc(Br)c1)c1nc2ccccc2[nH]1. The molecule has 0 spiro atoms. The number of nitrogens with zero attached hydrogens (tertiary/aromatic N) is 2. The summed E-state index contributed by atoms with van der Waals surface area (Å²) < 4.78 is 5.89. The van der Waals surface area contributed by atoms with Crippen LogP contribution in [0.5, 0.6) is 0 Å². The van der Waals surface area contributed by atoms with E-state index in [4.69, 9.17) is 4.74 Å². The van der Waals surface area contributed by atoms with Crippen molar-refractivity contribution in [3.05, 3.63) is 76.2 Å². The highest BCUT2D eigenvalue weighted by molar-refractivity contribution is 9.10. The van der Waals surface area contributed by atoms with E-state index >= 15 is 0 Å². The highest BCUT2D eigenvalue weighted by Gasteiger charge is 2.14. The molecule has 27 heavy (non-hydrogen) atoms. The van der Waals surface area contributed by atoms with E-state index in [1.165, 1.54) is 6.08 Å². The molecule has 1 heterocycles. The smallest absolute Gasteiger partial charge is 0.331 e. The molecule has 0 saturated carbocycles. The molecule has 0 aliphatic carbocycles. The summed E-state index contributed by atoms with van der Waals surface area (Å²) in [6.45, 7) is -0.429. The van der Waals surface area contributed by atoms with Crippen LogP contribution in [0.3, 0.4) is 0 Å². The number of aliphatic hydroxyl groups excluding tert-OH is 1. The van der Waals surface area contributed by atoms with Gasteiger partial charge in [0.15, 0.2) is 11.6 Å². The highest BCUT2D eigenvalue weighted by Crippen LogP contribution is 2.19. The molecule has 0 saturated heterocycles. The van der Waals surface area contributed by atoms with Gasteiger partial charge in [0, 0.05) is 10.5 Å². The Morgan fingerprint density at radius 2 is 2.11 bits per heavy atom. The number of halogens is 1. The summed E-state index contributed by atoms with van der Waals surface area (Å²) in [5, 5.41) is 19.5. The van der Waals surface area contributed by atoms with E-state index in [2.05, 4.69) is 25.9 Å². The number of aromatic amines is 1. The van der Waals surface area contributed by atoms with Gasteiger partial charge >= 0.3 is 5.97 Å². The molecule has 0 aliphatic rings. The van der Waals surface area contributed by atoms with E-state index in [9.17, 15) is 15.2 Å². The lowest BCUT2D eigenvalue weighted by Crippen LogP contribution is -2.06. The van der Waals surface area contributed by atoms with Crippen LogP contribution in [0.15, 0.2) is 64.8 Å². The summed E-state index contributed by atoms with van der Waals surface area (Å²) in [6, 6.07) is 16.5. The number of nitrogens with one attached hydrogen (secondary N) is 1. The first-order valence-corrected chi connectivity index (χ1v) is 8.74. The van der Waals surface area contributed by atoms with E-state index in [0.29, 0.717) is 5.52 Å². The number of rotatable bonds is 5. The second-order valence-electron chi connectivity index (χ2n) is 5.53. The lowest BCUT2D eigenvalue weighted by atomic mass is 10.2. The fourth-order valence-corrected chi connectivity index (χ4v) is 2.78. The van der Waals surface area contributed by atoms with Crippen molar-refractivity contribution < 1.29 is 14.6 Å². The summed E-state index contributed by atoms with van der Waals surface area (Å²) in [5.41, 5.74) is 2.15. The summed E-state index contributed by atoms with van der Waals surface area (Å²) in [7, 11) is 0. The minimum atomic E-state index is -0.636. The zero-order valence-corrected chi connectivity index (χ0v) is 15.6. The van der Waals surface area contributed by atoms with Gasteiger partial charge in [0.2, 0.25) is 0 Å². The van der Waals surface area contributed by atoms with Crippen LogP contribution in [0.2, 0.25) is 0 Å². The lowest BCUT2D eigenvalue weighted by Gasteiger charge is -2.03. The number of carbonyl (C=O) groups is 1. The zero-order valence-electron chi connectivity index (χ0n) is 14.0. The molecule has 6 nitrogen and oxygen atoms in total. The third-order valence-electron chi connectivity index (χ3n) is 3.64. The molecule has 2 aromatic carbocycles. The van der Waals surface area contributed by atoms with E-state index in [0.717, 1.165) is 15.6 Å². The molecule has 0 unspecified atom stereocenters. The third kappa shape index (κ3) is 4.63. The Balaban J connectivity index is 1.69. The zero-order chi connectivity index (χ0) is 19.2.